The van der Waals surface area contributed by atoms with E-state index in [4.69, 9.17) is 9.84 Å². The molecule has 1 aliphatic rings. The van der Waals surface area contributed by atoms with Gasteiger partial charge in [0.15, 0.2) is 0 Å². The Bertz CT molecular complexity index is 1580. The zero-order chi connectivity index (χ0) is 28.2. The Kier molecular flexibility index (Phi) is 15.6. The number of benzene rings is 3. The number of H-pyrrole nitrogens is 1. The van der Waals surface area contributed by atoms with Gasteiger partial charge in [-0.15, -0.1) is 0 Å². The summed E-state index contributed by atoms with van der Waals surface area (Å²) in [6, 6.07) is 18.2. The largest absolute Gasteiger partial charge is 1.00 e. The van der Waals surface area contributed by atoms with Gasteiger partial charge in [-0.1, -0.05) is 66.0 Å². The first kappa shape index (κ1) is 34.6. The van der Waals surface area contributed by atoms with Gasteiger partial charge in [0.2, 0.25) is 0 Å². The number of ether oxygens (including phenoxy) is 1. The average molecular weight is 745 g/mol. The molecule has 0 saturated carbocycles. The minimum Gasteiger partial charge on any atom is -0.857 e. The zero-order valence-electron chi connectivity index (χ0n) is 22.9. The summed E-state index contributed by atoms with van der Waals surface area (Å²) in [6.45, 7) is 2.00. The predicted molar refractivity (Wildman–Crippen MR) is 167 cm³/mol. The summed E-state index contributed by atoms with van der Waals surface area (Å²) < 4.78 is 11.9. The second-order valence-corrected chi connectivity index (χ2v) is 11.1. The summed E-state index contributed by atoms with van der Waals surface area (Å²) in [6.07, 6.45) is 8.23. The van der Waals surface area contributed by atoms with Crippen LogP contribution in [0.1, 0.15) is 12.8 Å². The summed E-state index contributed by atoms with van der Waals surface area (Å²) >= 11 is 10.2. The molecule has 0 radical (unpaired) electrons. The molecule has 0 amide bonds. The van der Waals surface area contributed by atoms with Crippen LogP contribution in [-0.2, 0) is 18.8 Å². The maximum absolute atomic E-state index is 8.25. The topological polar surface area (TPSA) is 96.6 Å². The summed E-state index contributed by atoms with van der Waals surface area (Å²) in [5.41, 5.74) is 3.25. The molecule has 1 saturated heterocycles. The van der Waals surface area contributed by atoms with E-state index in [1.165, 1.54) is 23.6 Å². The molecule has 3 aromatic carbocycles. The van der Waals surface area contributed by atoms with Gasteiger partial charge < -0.3 is 9.84 Å². The van der Waals surface area contributed by atoms with E-state index in [0.29, 0.717) is 0 Å². The minimum atomic E-state index is 0. The molecule has 40 heavy (non-hydrogen) atoms. The van der Waals surface area contributed by atoms with E-state index in [-0.39, 0.29) is 29.6 Å². The molecule has 7 rings (SSSR count). The molecular formula is C28H30Br3N6NaO2. The number of hydrogen-bond acceptors (Lipinski definition) is 5. The van der Waals surface area contributed by atoms with Crippen molar-refractivity contribution < 1.29 is 39.4 Å². The van der Waals surface area contributed by atoms with Crippen molar-refractivity contribution in [3.63, 3.8) is 0 Å². The number of rotatable bonds is 0. The normalized spacial score (nSPS) is 11.7. The number of nitrogens with one attached hydrogen (secondary N) is 1. The Balaban J connectivity index is 0.000000186. The zero-order valence-corrected chi connectivity index (χ0v) is 29.7. The molecule has 1 fully saturated rings. The molecule has 1 aliphatic heterocycles. The van der Waals surface area contributed by atoms with Crippen molar-refractivity contribution in [2.45, 2.75) is 12.8 Å². The van der Waals surface area contributed by atoms with Gasteiger partial charge in [0.25, 0.3) is 0 Å². The van der Waals surface area contributed by atoms with Crippen LogP contribution in [0.5, 0.6) is 0 Å². The van der Waals surface area contributed by atoms with Crippen molar-refractivity contribution >= 4 is 80.5 Å². The van der Waals surface area contributed by atoms with Crippen LogP contribution in [0.25, 0.3) is 32.7 Å². The molecule has 1 N–H and O–H groups in total. The number of hydrogen-bond donors (Lipinski definition) is 1. The van der Waals surface area contributed by atoms with Crippen molar-refractivity contribution in [2.24, 2.45) is 14.1 Å². The molecule has 0 unspecified atom stereocenters. The molecule has 4 heterocycles. The molecule has 0 atom stereocenters. The van der Waals surface area contributed by atoms with Crippen molar-refractivity contribution in [3.05, 3.63) is 86.6 Å². The molecule has 8 nitrogen and oxygen atoms in total. The SMILES string of the molecule is Brc1ccc2cn[nH]c2c1.C1CCOC1.C[O-].Cn1cc2ccc(Br)cc2n1.Cn1ncc2ccc(Br)cc21.[Na+]. The maximum Gasteiger partial charge on any atom is 1.00 e. The fourth-order valence-electron chi connectivity index (χ4n) is 3.65. The van der Waals surface area contributed by atoms with Crippen LogP contribution in [0.3, 0.4) is 0 Å². The molecule has 6 aromatic rings. The third-order valence-corrected chi connectivity index (χ3v) is 7.01. The fraction of sp³-hybridized carbons (Fsp3) is 0.250. The number of halogens is 3. The van der Waals surface area contributed by atoms with Crippen molar-refractivity contribution in [1.82, 2.24) is 29.8 Å². The van der Waals surface area contributed by atoms with Crippen LogP contribution in [0.4, 0.5) is 0 Å². The molecule has 206 valence electrons. The fourth-order valence-corrected chi connectivity index (χ4v) is 4.71. The van der Waals surface area contributed by atoms with Crippen LogP contribution in [-0.4, -0.2) is 50.1 Å². The Labute approximate surface area is 281 Å². The van der Waals surface area contributed by atoms with Crippen LogP contribution in [0.15, 0.2) is 86.6 Å². The summed E-state index contributed by atoms with van der Waals surface area (Å²) in [7, 11) is 4.61. The molecule has 3 aromatic heterocycles. The van der Waals surface area contributed by atoms with Gasteiger partial charge in [0.05, 0.1) is 28.9 Å². The van der Waals surface area contributed by atoms with Gasteiger partial charge in [-0.05, 0) is 49.2 Å². The first-order chi connectivity index (χ1) is 18.9. The Morgan fingerprint density at radius 1 is 0.800 bits per heavy atom. The number of aryl methyl sites for hydroxylation is 2. The van der Waals surface area contributed by atoms with Gasteiger partial charge in [-0.25, -0.2) is 0 Å². The van der Waals surface area contributed by atoms with E-state index in [1.54, 1.807) is 0 Å². The smallest absolute Gasteiger partial charge is 0.857 e. The quantitative estimate of drug-likeness (QED) is 0.239. The van der Waals surface area contributed by atoms with Crippen molar-refractivity contribution in [2.75, 3.05) is 20.3 Å². The van der Waals surface area contributed by atoms with E-state index in [0.717, 1.165) is 55.7 Å². The Morgan fingerprint density at radius 3 is 2.05 bits per heavy atom. The molecule has 0 aliphatic carbocycles. The number of nitrogens with zero attached hydrogens (tertiary/aromatic N) is 5. The van der Waals surface area contributed by atoms with Gasteiger partial charge in [-0.3, -0.25) is 14.5 Å². The van der Waals surface area contributed by atoms with Crippen molar-refractivity contribution in [3.8, 4) is 0 Å². The van der Waals surface area contributed by atoms with Crippen molar-refractivity contribution in [1.29, 1.82) is 0 Å². The third-order valence-electron chi connectivity index (χ3n) is 5.53. The first-order valence-electron chi connectivity index (χ1n) is 12.1. The van der Waals surface area contributed by atoms with E-state index >= 15 is 0 Å². The molecule has 0 bridgehead atoms. The van der Waals surface area contributed by atoms with Crippen LogP contribution in [0, 0.1) is 0 Å². The van der Waals surface area contributed by atoms with Crippen LogP contribution < -0.4 is 34.7 Å². The number of fused-ring (bicyclic) bond motifs is 3. The van der Waals surface area contributed by atoms with E-state index < -0.39 is 0 Å². The van der Waals surface area contributed by atoms with Gasteiger partial charge in [0.1, 0.15) is 0 Å². The average Bonchev–Trinajstić information content (AvgIpc) is 3.75. The van der Waals surface area contributed by atoms with Gasteiger partial charge in [0, 0.05) is 63.1 Å². The molecule has 0 spiro atoms. The van der Waals surface area contributed by atoms with E-state index in [9.17, 15) is 0 Å². The van der Waals surface area contributed by atoms with Crippen LogP contribution >= 0.6 is 47.8 Å². The summed E-state index contributed by atoms with van der Waals surface area (Å²) in [5, 5.41) is 26.9. The van der Waals surface area contributed by atoms with Gasteiger partial charge in [-0.2, -0.15) is 22.4 Å². The van der Waals surface area contributed by atoms with E-state index in [2.05, 4.69) is 74.3 Å². The van der Waals surface area contributed by atoms with E-state index in [1.807, 2.05) is 90.6 Å². The summed E-state index contributed by atoms with van der Waals surface area (Å²) in [5.74, 6) is 0. The summed E-state index contributed by atoms with van der Waals surface area (Å²) in [4.78, 5) is 0. The van der Waals surface area contributed by atoms with Gasteiger partial charge >= 0.3 is 29.6 Å². The third kappa shape index (κ3) is 10.7. The minimum absolute atomic E-state index is 0. The Morgan fingerprint density at radius 2 is 1.40 bits per heavy atom. The van der Waals surface area contributed by atoms with Crippen LogP contribution in [0.2, 0.25) is 0 Å². The second kappa shape index (κ2) is 18.1. The number of aromatic nitrogens is 6. The number of aromatic amines is 1. The Hall–Kier alpha value is -1.57. The monoisotopic (exact) mass is 742 g/mol. The standard InChI is InChI=1S/2C8H7BrN2.C7H5BrN2.C4H8O.CH3O.Na/c1-11-5-6-2-3-7(9)4-8(6)10-11;1-11-8-4-7(9)3-2-6(8)5-10-11;8-6-2-1-5-4-9-10-7(5)3-6;1-2-4-5-3-1;1-2;/h2*2-5H,1H3;1-4H,(H,9,10);1-4H2;1H3;/q;;;;-1;+1. The maximum atomic E-state index is 8.25. The molecule has 12 heteroatoms. The molecular weight excluding hydrogens is 715 g/mol. The first-order valence-corrected chi connectivity index (χ1v) is 14.5. The second-order valence-electron chi connectivity index (χ2n) is 8.40. The predicted octanol–water partition coefficient (Wildman–Crippen LogP) is 3.77.